The standard InChI is InChI=1S/C14H20N2O3/c1-2-12(8-17)16-14(18)11-5-6-13(15-7-11)19-9-10-3-4-10/h5-7,10,12,17H,2-4,8-9H2,1H3,(H,16,18). The highest BCUT2D eigenvalue weighted by Crippen LogP contribution is 2.29. The zero-order valence-corrected chi connectivity index (χ0v) is 11.1. The third-order valence-electron chi connectivity index (χ3n) is 3.21. The average molecular weight is 264 g/mol. The molecule has 1 heterocycles. The molecule has 2 rings (SSSR count). The number of hydrogen-bond donors (Lipinski definition) is 2. The van der Waals surface area contributed by atoms with E-state index in [1.165, 1.54) is 19.0 Å². The molecule has 19 heavy (non-hydrogen) atoms. The molecule has 0 aliphatic heterocycles. The lowest BCUT2D eigenvalue weighted by Crippen LogP contribution is -2.36. The molecule has 1 aliphatic carbocycles. The van der Waals surface area contributed by atoms with Crippen LogP contribution in [-0.2, 0) is 0 Å². The summed E-state index contributed by atoms with van der Waals surface area (Å²) in [5.74, 6) is 1.01. The molecule has 5 nitrogen and oxygen atoms in total. The van der Waals surface area contributed by atoms with Gasteiger partial charge in [0.05, 0.1) is 24.8 Å². The van der Waals surface area contributed by atoms with Gasteiger partial charge in [0.15, 0.2) is 0 Å². The molecule has 0 bridgehead atoms. The SMILES string of the molecule is CCC(CO)NC(=O)c1ccc(OCC2CC2)nc1. The van der Waals surface area contributed by atoms with Crippen molar-refractivity contribution in [3.8, 4) is 5.88 Å². The molecule has 2 N–H and O–H groups in total. The number of carbonyl (C=O) groups is 1. The summed E-state index contributed by atoms with van der Waals surface area (Å²) in [5.41, 5.74) is 0.477. The van der Waals surface area contributed by atoms with Gasteiger partial charge in [-0.05, 0) is 31.2 Å². The minimum atomic E-state index is -0.220. The molecule has 0 saturated heterocycles. The molecular formula is C14H20N2O3. The van der Waals surface area contributed by atoms with Crippen molar-refractivity contribution in [2.45, 2.75) is 32.2 Å². The van der Waals surface area contributed by atoms with Gasteiger partial charge in [0.2, 0.25) is 5.88 Å². The molecule has 0 spiro atoms. The van der Waals surface area contributed by atoms with Gasteiger partial charge >= 0.3 is 0 Å². The number of rotatable bonds is 7. The highest BCUT2D eigenvalue weighted by Gasteiger charge is 2.22. The number of hydrogen-bond acceptors (Lipinski definition) is 4. The van der Waals surface area contributed by atoms with Crippen LogP contribution in [0.5, 0.6) is 5.88 Å². The minimum Gasteiger partial charge on any atom is -0.477 e. The van der Waals surface area contributed by atoms with E-state index < -0.39 is 0 Å². The van der Waals surface area contributed by atoms with Crippen molar-refractivity contribution in [3.05, 3.63) is 23.9 Å². The highest BCUT2D eigenvalue weighted by molar-refractivity contribution is 5.94. The van der Waals surface area contributed by atoms with Gasteiger partial charge in [-0.1, -0.05) is 6.92 Å². The van der Waals surface area contributed by atoms with Crippen molar-refractivity contribution < 1.29 is 14.6 Å². The monoisotopic (exact) mass is 264 g/mol. The van der Waals surface area contributed by atoms with Gasteiger partial charge in [0.1, 0.15) is 0 Å². The first kappa shape index (κ1) is 13.8. The third kappa shape index (κ3) is 4.21. The van der Waals surface area contributed by atoms with Crippen LogP contribution in [0.3, 0.4) is 0 Å². The van der Waals surface area contributed by atoms with E-state index in [9.17, 15) is 4.79 Å². The molecule has 104 valence electrons. The van der Waals surface area contributed by atoms with E-state index in [4.69, 9.17) is 9.84 Å². The molecule has 1 amide bonds. The number of carbonyl (C=O) groups excluding carboxylic acids is 1. The molecule has 1 saturated carbocycles. The Bertz CT molecular complexity index is 411. The third-order valence-corrected chi connectivity index (χ3v) is 3.21. The molecule has 1 aromatic rings. The second-order valence-corrected chi connectivity index (χ2v) is 4.90. The Kier molecular flexibility index (Phi) is 4.74. The van der Waals surface area contributed by atoms with E-state index in [0.717, 1.165) is 0 Å². The van der Waals surface area contributed by atoms with Crippen molar-refractivity contribution in [2.75, 3.05) is 13.2 Å². The Labute approximate surface area is 113 Å². The van der Waals surface area contributed by atoms with Crippen LogP contribution in [0.25, 0.3) is 0 Å². The Morgan fingerprint density at radius 2 is 2.37 bits per heavy atom. The topological polar surface area (TPSA) is 71.5 Å². The van der Waals surface area contributed by atoms with Gasteiger partial charge in [-0.15, -0.1) is 0 Å². The summed E-state index contributed by atoms with van der Waals surface area (Å²) in [6.45, 7) is 2.56. The number of pyridine rings is 1. The minimum absolute atomic E-state index is 0.0573. The molecule has 1 aliphatic rings. The predicted molar refractivity (Wildman–Crippen MR) is 71.1 cm³/mol. The van der Waals surface area contributed by atoms with Crippen molar-refractivity contribution in [3.63, 3.8) is 0 Å². The van der Waals surface area contributed by atoms with E-state index >= 15 is 0 Å². The molecule has 5 heteroatoms. The van der Waals surface area contributed by atoms with E-state index in [0.29, 0.717) is 30.4 Å². The number of aliphatic hydroxyl groups is 1. The second kappa shape index (κ2) is 6.52. The summed E-state index contributed by atoms with van der Waals surface area (Å²) in [4.78, 5) is 16.0. The molecule has 0 radical (unpaired) electrons. The molecule has 0 aromatic carbocycles. The lowest BCUT2D eigenvalue weighted by molar-refractivity contribution is 0.0914. The summed E-state index contributed by atoms with van der Waals surface area (Å²) in [5, 5.41) is 11.8. The van der Waals surface area contributed by atoms with E-state index in [1.54, 1.807) is 12.1 Å². The van der Waals surface area contributed by atoms with Crippen LogP contribution in [0.2, 0.25) is 0 Å². The lowest BCUT2D eigenvalue weighted by Gasteiger charge is -2.13. The molecule has 1 atom stereocenters. The largest absolute Gasteiger partial charge is 0.477 e. The molecular weight excluding hydrogens is 244 g/mol. The first-order valence-corrected chi connectivity index (χ1v) is 6.73. The Morgan fingerprint density at radius 3 is 2.89 bits per heavy atom. The lowest BCUT2D eigenvalue weighted by atomic mass is 10.2. The molecule has 1 aromatic heterocycles. The molecule has 1 unspecified atom stereocenters. The van der Waals surface area contributed by atoms with Crippen LogP contribution in [0.15, 0.2) is 18.3 Å². The predicted octanol–water partition coefficient (Wildman–Crippen LogP) is 1.37. The second-order valence-electron chi connectivity index (χ2n) is 4.90. The quantitative estimate of drug-likeness (QED) is 0.780. The van der Waals surface area contributed by atoms with Crippen LogP contribution < -0.4 is 10.1 Å². The first-order chi connectivity index (χ1) is 9.22. The maximum atomic E-state index is 11.9. The number of aliphatic hydroxyl groups excluding tert-OH is 1. The summed E-state index contributed by atoms with van der Waals surface area (Å²) in [6.07, 6.45) is 4.67. The van der Waals surface area contributed by atoms with E-state index in [2.05, 4.69) is 10.3 Å². The number of ether oxygens (including phenoxy) is 1. The van der Waals surface area contributed by atoms with Gasteiger partial charge in [-0.25, -0.2) is 4.98 Å². The maximum Gasteiger partial charge on any atom is 0.253 e. The average Bonchev–Trinajstić information content (AvgIpc) is 3.27. The highest BCUT2D eigenvalue weighted by atomic mass is 16.5. The summed E-state index contributed by atoms with van der Waals surface area (Å²) >= 11 is 0. The van der Waals surface area contributed by atoms with E-state index in [-0.39, 0.29) is 18.6 Å². The Morgan fingerprint density at radius 1 is 1.58 bits per heavy atom. The van der Waals surface area contributed by atoms with Crippen LogP contribution in [0, 0.1) is 5.92 Å². The van der Waals surface area contributed by atoms with Crippen molar-refractivity contribution in [1.82, 2.24) is 10.3 Å². The van der Waals surface area contributed by atoms with Crippen molar-refractivity contribution in [1.29, 1.82) is 0 Å². The van der Waals surface area contributed by atoms with Gasteiger partial charge in [0, 0.05) is 12.3 Å². The van der Waals surface area contributed by atoms with Gasteiger partial charge in [-0.3, -0.25) is 4.79 Å². The fourth-order valence-corrected chi connectivity index (χ4v) is 1.63. The van der Waals surface area contributed by atoms with Crippen LogP contribution in [0.4, 0.5) is 0 Å². The summed E-state index contributed by atoms with van der Waals surface area (Å²) in [6, 6.07) is 3.18. The number of aromatic nitrogens is 1. The van der Waals surface area contributed by atoms with Gasteiger partial charge < -0.3 is 15.2 Å². The first-order valence-electron chi connectivity index (χ1n) is 6.73. The molecule has 1 fully saturated rings. The zero-order chi connectivity index (χ0) is 13.7. The Hall–Kier alpha value is -1.62. The maximum absolute atomic E-state index is 11.9. The van der Waals surface area contributed by atoms with Crippen LogP contribution in [-0.4, -0.2) is 35.3 Å². The number of nitrogens with zero attached hydrogens (tertiary/aromatic N) is 1. The smallest absolute Gasteiger partial charge is 0.253 e. The number of amides is 1. The zero-order valence-electron chi connectivity index (χ0n) is 11.1. The van der Waals surface area contributed by atoms with Crippen molar-refractivity contribution in [2.24, 2.45) is 5.92 Å². The fourth-order valence-electron chi connectivity index (χ4n) is 1.63. The summed E-state index contributed by atoms with van der Waals surface area (Å²) < 4.78 is 5.51. The van der Waals surface area contributed by atoms with Crippen molar-refractivity contribution >= 4 is 5.91 Å². The van der Waals surface area contributed by atoms with Gasteiger partial charge in [0.25, 0.3) is 5.91 Å². The normalized spacial score (nSPS) is 15.9. The van der Waals surface area contributed by atoms with Crippen LogP contribution in [0.1, 0.15) is 36.5 Å². The fraction of sp³-hybridized carbons (Fsp3) is 0.571. The summed E-state index contributed by atoms with van der Waals surface area (Å²) in [7, 11) is 0. The van der Waals surface area contributed by atoms with Crippen LogP contribution >= 0.6 is 0 Å². The Balaban J connectivity index is 1.87. The van der Waals surface area contributed by atoms with E-state index in [1.807, 2.05) is 6.92 Å². The number of nitrogens with one attached hydrogen (secondary N) is 1. The van der Waals surface area contributed by atoms with Gasteiger partial charge in [-0.2, -0.15) is 0 Å².